The van der Waals surface area contributed by atoms with Crippen LogP contribution >= 0.6 is 0 Å². The molecule has 0 fully saturated rings. The van der Waals surface area contributed by atoms with Gasteiger partial charge in [-0.1, -0.05) is 30.3 Å². The Balaban J connectivity index is 2.50. The smallest absolute Gasteiger partial charge is 0.152 e. The number of benzene rings is 1. The van der Waals surface area contributed by atoms with Crippen LogP contribution in [0.15, 0.2) is 42.5 Å². The van der Waals surface area contributed by atoms with E-state index in [1.807, 2.05) is 30.3 Å². The Bertz CT molecular complexity index is 509. The van der Waals surface area contributed by atoms with Crippen molar-refractivity contribution in [2.24, 2.45) is 0 Å². The average Bonchev–Trinajstić information content (AvgIpc) is 2.40. The van der Waals surface area contributed by atoms with Crippen LogP contribution in [0.25, 0.3) is 11.3 Å². The van der Waals surface area contributed by atoms with Crippen molar-refractivity contribution in [1.82, 2.24) is 4.98 Å². The van der Waals surface area contributed by atoms with Crippen molar-refractivity contribution in [1.29, 1.82) is 0 Å². The lowest BCUT2D eigenvalue weighted by atomic mass is 10.1. The number of aromatic nitrogens is 1. The van der Waals surface area contributed by atoms with E-state index in [2.05, 4.69) is 4.98 Å². The summed E-state index contributed by atoms with van der Waals surface area (Å²) in [6.45, 7) is 0.443. The Kier molecular flexibility index (Phi) is 3.62. The molecule has 17 heavy (non-hydrogen) atoms. The van der Waals surface area contributed by atoms with E-state index in [0.29, 0.717) is 17.9 Å². The van der Waals surface area contributed by atoms with Gasteiger partial charge in [0.25, 0.3) is 0 Å². The number of rotatable bonds is 4. The topological polar surface area (TPSA) is 39.2 Å². The summed E-state index contributed by atoms with van der Waals surface area (Å²) in [4.78, 5) is 15.4. The minimum atomic E-state index is 0.443. The summed E-state index contributed by atoms with van der Waals surface area (Å²) in [7, 11) is 1.62. The Morgan fingerprint density at radius 2 is 1.94 bits per heavy atom. The largest absolute Gasteiger partial charge is 0.378 e. The number of aldehydes is 1. The van der Waals surface area contributed by atoms with Crippen LogP contribution in [0.1, 0.15) is 16.1 Å². The molecular weight excluding hydrogens is 214 g/mol. The highest BCUT2D eigenvalue weighted by molar-refractivity contribution is 5.85. The Morgan fingerprint density at radius 1 is 1.18 bits per heavy atom. The molecule has 3 nitrogen and oxygen atoms in total. The SMILES string of the molecule is COCc1ccc(C=O)c(-c2ccccc2)n1. The van der Waals surface area contributed by atoms with E-state index in [0.717, 1.165) is 17.5 Å². The van der Waals surface area contributed by atoms with Crippen molar-refractivity contribution in [3.05, 3.63) is 53.7 Å². The summed E-state index contributed by atoms with van der Waals surface area (Å²) in [6.07, 6.45) is 0.825. The van der Waals surface area contributed by atoms with E-state index in [9.17, 15) is 4.79 Å². The lowest BCUT2D eigenvalue weighted by Gasteiger charge is -2.06. The number of carbonyl (C=O) groups excluding carboxylic acids is 1. The van der Waals surface area contributed by atoms with Gasteiger partial charge in [0.2, 0.25) is 0 Å². The maximum absolute atomic E-state index is 11.0. The first-order chi connectivity index (χ1) is 8.35. The molecule has 2 aromatic rings. The van der Waals surface area contributed by atoms with E-state index in [1.165, 1.54) is 0 Å². The zero-order valence-electron chi connectivity index (χ0n) is 9.59. The zero-order chi connectivity index (χ0) is 12.1. The molecule has 0 aliphatic carbocycles. The van der Waals surface area contributed by atoms with Gasteiger partial charge >= 0.3 is 0 Å². The number of pyridine rings is 1. The van der Waals surface area contributed by atoms with Gasteiger partial charge in [-0.05, 0) is 12.1 Å². The summed E-state index contributed by atoms with van der Waals surface area (Å²) < 4.78 is 5.04. The highest BCUT2D eigenvalue weighted by Gasteiger charge is 2.07. The van der Waals surface area contributed by atoms with E-state index < -0.39 is 0 Å². The average molecular weight is 227 g/mol. The van der Waals surface area contributed by atoms with Gasteiger partial charge in [0.1, 0.15) is 0 Å². The molecule has 0 aliphatic rings. The Morgan fingerprint density at radius 3 is 2.59 bits per heavy atom. The standard InChI is InChI=1S/C14H13NO2/c1-17-10-13-8-7-12(9-16)14(15-13)11-5-3-2-4-6-11/h2-9H,10H2,1H3. The Hall–Kier alpha value is -2.00. The van der Waals surface area contributed by atoms with Crippen LogP contribution in [0.2, 0.25) is 0 Å². The zero-order valence-corrected chi connectivity index (χ0v) is 9.59. The molecule has 0 saturated heterocycles. The molecule has 0 amide bonds. The van der Waals surface area contributed by atoms with Crippen molar-refractivity contribution < 1.29 is 9.53 Å². The van der Waals surface area contributed by atoms with Gasteiger partial charge in [0.15, 0.2) is 6.29 Å². The molecule has 3 heteroatoms. The third-order valence-corrected chi connectivity index (χ3v) is 2.45. The second kappa shape index (κ2) is 5.37. The molecule has 0 atom stereocenters. The highest BCUT2D eigenvalue weighted by Crippen LogP contribution is 2.20. The number of methoxy groups -OCH3 is 1. The quantitative estimate of drug-likeness (QED) is 0.754. The van der Waals surface area contributed by atoms with Crippen LogP contribution in [0, 0.1) is 0 Å². The van der Waals surface area contributed by atoms with Gasteiger partial charge in [-0.3, -0.25) is 4.79 Å². The van der Waals surface area contributed by atoms with Gasteiger partial charge in [0, 0.05) is 18.2 Å². The van der Waals surface area contributed by atoms with Crippen molar-refractivity contribution in [3.63, 3.8) is 0 Å². The van der Waals surface area contributed by atoms with Gasteiger partial charge in [-0.25, -0.2) is 4.98 Å². The van der Waals surface area contributed by atoms with Crippen LogP contribution in [-0.4, -0.2) is 18.4 Å². The molecule has 0 unspecified atom stereocenters. The Labute approximate surface area is 100 Å². The molecule has 0 saturated carbocycles. The minimum Gasteiger partial charge on any atom is -0.378 e. The molecule has 1 aromatic heterocycles. The van der Waals surface area contributed by atoms with Crippen LogP contribution < -0.4 is 0 Å². The van der Waals surface area contributed by atoms with Gasteiger partial charge in [-0.15, -0.1) is 0 Å². The predicted molar refractivity (Wildman–Crippen MR) is 65.8 cm³/mol. The van der Waals surface area contributed by atoms with Gasteiger partial charge in [0.05, 0.1) is 18.0 Å². The number of hydrogen-bond donors (Lipinski definition) is 0. The van der Waals surface area contributed by atoms with E-state index in [1.54, 1.807) is 19.2 Å². The molecule has 0 radical (unpaired) electrons. The fourth-order valence-electron chi connectivity index (χ4n) is 1.66. The minimum absolute atomic E-state index is 0.443. The number of nitrogens with zero attached hydrogens (tertiary/aromatic N) is 1. The van der Waals surface area contributed by atoms with Crippen molar-refractivity contribution in [2.45, 2.75) is 6.61 Å². The second-order valence-electron chi connectivity index (χ2n) is 3.66. The summed E-state index contributed by atoms with van der Waals surface area (Å²) >= 11 is 0. The normalized spacial score (nSPS) is 10.2. The summed E-state index contributed by atoms with van der Waals surface area (Å²) in [6, 6.07) is 13.2. The van der Waals surface area contributed by atoms with Crippen molar-refractivity contribution >= 4 is 6.29 Å². The maximum atomic E-state index is 11.0. The molecule has 1 aromatic carbocycles. The maximum Gasteiger partial charge on any atom is 0.152 e. The molecule has 2 rings (SSSR count). The van der Waals surface area contributed by atoms with Crippen LogP contribution in [0.3, 0.4) is 0 Å². The monoisotopic (exact) mass is 227 g/mol. The van der Waals surface area contributed by atoms with Gasteiger partial charge in [-0.2, -0.15) is 0 Å². The van der Waals surface area contributed by atoms with E-state index >= 15 is 0 Å². The first-order valence-corrected chi connectivity index (χ1v) is 5.34. The predicted octanol–water partition coefficient (Wildman–Crippen LogP) is 2.71. The molecule has 0 aliphatic heterocycles. The molecule has 1 heterocycles. The molecule has 0 N–H and O–H groups in total. The first kappa shape index (κ1) is 11.5. The fourth-order valence-corrected chi connectivity index (χ4v) is 1.66. The number of carbonyl (C=O) groups is 1. The second-order valence-corrected chi connectivity index (χ2v) is 3.66. The third kappa shape index (κ3) is 2.57. The van der Waals surface area contributed by atoms with E-state index in [-0.39, 0.29) is 0 Å². The van der Waals surface area contributed by atoms with Crippen LogP contribution in [0.4, 0.5) is 0 Å². The van der Waals surface area contributed by atoms with E-state index in [4.69, 9.17) is 4.74 Å². The summed E-state index contributed by atoms with van der Waals surface area (Å²) in [5.41, 5.74) is 3.05. The summed E-state index contributed by atoms with van der Waals surface area (Å²) in [5.74, 6) is 0. The van der Waals surface area contributed by atoms with Crippen molar-refractivity contribution in [3.8, 4) is 11.3 Å². The third-order valence-electron chi connectivity index (χ3n) is 2.45. The first-order valence-electron chi connectivity index (χ1n) is 5.34. The fraction of sp³-hybridized carbons (Fsp3) is 0.143. The van der Waals surface area contributed by atoms with Crippen molar-refractivity contribution in [2.75, 3.05) is 7.11 Å². The molecule has 0 bridgehead atoms. The lowest BCUT2D eigenvalue weighted by Crippen LogP contribution is -1.98. The summed E-state index contributed by atoms with van der Waals surface area (Å²) in [5, 5.41) is 0. The highest BCUT2D eigenvalue weighted by atomic mass is 16.5. The number of ether oxygens (including phenoxy) is 1. The molecular formula is C14H13NO2. The molecule has 86 valence electrons. The number of hydrogen-bond acceptors (Lipinski definition) is 3. The van der Waals surface area contributed by atoms with Crippen LogP contribution in [0.5, 0.6) is 0 Å². The van der Waals surface area contributed by atoms with Crippen LogP contribution in [-0.2, 0) is 11.3 Å². The van der Waals surface area contributed by atoms with Gasteiger partial charge < -0.3 is 4.74 Å². The molecule has 0 spiro atoms. The lowest BCUT2D eigenvalue weighted by molar-refractivity contribution is 0.112.